The van der Waals surface area contributed by atoms with E-state index in [1.165, 1.54) is 18.4 Å². The van der Waals surface area contributed by atoms with Crippen molar-refractivity contribution in [3.63, 3.8) is 0 Å². The molecule has 0 spiro atoms. The first-order valence-electron chi connectivity index (χ1n) is 12.4. The monoisotopic (exact) mass is 550 g/mol. The number of anilines is 2. The predicted octanol–water partition coefficient (Wildman–Crippen LogP) is 4.14. The fourth-order valence-corrected chi connectivity index (χ4v) is 4.99. The van der Waals surface area contributed by atoms with Crippen molar-refractivity contribution in [2.45, 2.75) is 19.4 Å². The zero-order valence-corrected chi connectivity index (χ0v) is 22.5. The van der Waals surface area contributed by atoms with Crippen molar-refractivity contribution in [1.82, 2.24) is 10.2 Å². The second-order valence-electron chi connectivity index (χ2n) is 9.14. The maximum Gasteiger partial charge on any atom is 0.409 e. The minimum absolute atomic E-state index is 0.274. The summed E-state index contributed by atoms with van der Waals surface area (Å²) in [7, 11) is 1.34. The lowest BCUT2D eigenvalue weighted by Gasteiger charge is -2.36. The molecule has 1 unspecified atom stereocenters. The number of rotatable bonds is 8. The average Bonchev–Trinajstić information content (AvgIpc) is 3.48. The van der Waals surface area contributed by atoms with Crippen LogP contribution in [0.15, 0.2) is 60.0 Å². The number of benzene rings is 2. The third kappa shape index (κ3) is 6.94. The van der Waals surface area contributed by atoms with E-state index in [2.05, 4.69) is 10.6 Å². The van der Waals surface area contributed by atoms with Crippen LogP contribution in [0.3, 0.4) is 0 Å². The zero-order valence-electron chi connectivity index (χ0n) is 21.7. The van der Waals surface area contributed by atoms with Crippen molar-refractivity contribution in [2.75, 3.05) is 43.5 Å². The first-order valence-corrected chi connectivity index (χ1v) is 13.3. The molecular formula is C28H30N4O6S. The summed E-state index contributed by atoms with van der Waals surface area (Å²) >= 11 is 1.30. The van der Waals surface area contributed by atoms with Crippen LogP contribution in [0.25, 0.3) is 0 Å². The highest BCUT2D eigenvalue weighted by Gasteiger charge is 2.25. The van der Waals surface area contributed by atoms with E-state index >= 15 is 0 Å². The minimum Gasteiger partial charge on any atom is -0.481 e. The van der Waals surface area contributed by atoms with Crippen LogP contribution in [-0.2, 0) is 9.53 Å². The molecule has 1 fully saturated rings. The molecule has 0 bridgehead atoms. The van der Waals surface area contributed by atoms with E-state index in [1.807, 2.05) is 24.0 Å². The maximum absolute atomic E-state index is 13.3. The molecule has 10 nitrogen and oxygen atoms in total. The molecule has 3 N–H and O–H groups in total. The van der Waals surface area contributed by atoms with Crippen molar-refractivity contribution in [2.24, 2.45) is 0 Å². The normalized spacial score (nSPS) is 13.9. The Morgan fingerprint density at radius 1 is 1.00 bits per heavy atom. The van der Waals surface area contributed by atoms with Crippen LogP contribution in [0.4, 0.5) is 16.2 Å². The van der Waals surface area contributed by atoms with E-state index in [4.69, 9.17) is 4.74 Å². The Balaban J connectivity index is 1.59. The molecule has 0 radical (unpaired) electrons. The average molecular weight is 551 g/mol. The summed E-state index contributed by atoms with van der Waals surface area (Å²) in [5.41, 5.74) is 3.13. The van der Waals surface area contributed by atoms with Gasteiger partial charge in [0.05, 0.1) is 35.8 Å². The molecule has 2 aromatic carbocycles. The van der Waals surface area contributed by atoms with Gasteiger partial charge in [-0.25, -0.2) is 4.79 Å². The van der Waals surface area contributed by atoms with Crippen molar-refractivity contribution in [3.8, 4) is 0 Å². The van der Waals surface area contributed by atoms with Gasteiger partial charge in [-0.3, -0.25) is 14.4 Å². The quantitative estimate of drug-likeness (QED) is 0.385. The number of hydrogen-bond donors (Lipinski definition) is 3. The first kappa shape index (κ1) is 27.6. The molecule has 1 aliphatic heterocycles. The van der Waals surface area contributed by atoms with Gasteiger partial charge in [0.15, 0.2) is 0 Å². The predicted molar refractivity (Wildman–Crippen MR) is 149 cm³/mol. The fourth-order valence-electron chi connectivity index (χ4n) is 4.37. The van der Waals surface area contributed by atoms with Crippen LogP contribution < -0.4 is 15.5 Å². The second kappa shape index (κ2) is 12.4. The van der Waals surface area contributed by atoms with Crippen LogP contribution in [-0.4, -0.2) is 67.2 Å². The third-order valence-corrected chi connectivity index (χ3v) is 7.34. The van der Waals surface area contributed by atoms with Crippen LogP contribution in [0, 0.1) is 6.92 Å². The third-order valence-electron chi connectivity index (χ3n) is 6.47. The number of carboxylic acids is 1. The van der Waals surface area contributed by atoms with Gasteiger partial charge >= 0.3 is 12.1 Å². The Kier molecular flexibility index (Phi) is 8.82. The molecule has 1 saturated heterocycles. The number of carbonyl (C=O) groups is 4. The number of carbonyl (C=O) groups excluding carboxylic acids is 3. The number of amides is 3. The van der Waals surface area contributed by atoms with Gasteiger partial charge in [-0.15, -0.1) is 11.3 Å². The molecule has 4 rings (SSSR count). The summed E-state index contributed by atoms with van der Waals surface area (Å²) in [6, 6.07) is 15.1. The molecule has 3 aromatic rings. The number of nitrogens with zero attached hydrogens (tertiary/aromatic N) is 2. The molecule has 1 aromatic heterocycles. The number of aryl methyl sites for hydroxylation is 1. The van der Waals surface area contributed by atoms with Gasteiger partial charge in [0.25, 0.3) is 11.8 Å². The lowest BCUT2D eigenvalue weighted by molar-refractivity contribution is -0.137. The molecular weight excluding hydrogens is 520 g/mol. The fraction of sp³-hybridized carbons (Fsp3) is 0.286. The second-order valence-corrected chi connectivity index (χ2v) is 10.1. The Bertz CT molecular complexity index is 1330. The molecule has 0 aliphatic carbocycles. The molecule has 11 heteroatoms. The Morgan fingerprint density at radius 2 is 1.72 bits per heavy atom. The summed E-state index contributed by atoms with van der Waals surface area (Å²) in [6.07, 6.45) is -0.670. The van der Waals surface area contributed by atoms with Crippen molar-refractivity contribution in [3.05, 3.63) is 81.5 Å². The lowest BCUT2D eigenvalue weighted by Crippen LogP contribution is -2.49. The highest BCUT2D eigenvalue weighted by atomic mass is 32.1. The summed E-state index contributed by atoms with van der Waals surface area (Å²) in [6.45, 7) is 3.84. The van der Waals surface area contributed by atoms with Crippen LogP contribution in [0.1, 0.15) is 43.6 Å². The van der Waals surface area contributed by atoms with Gasteiger partial charge in [0.1, 0.15) is 0 Å². The number of thiophene rings is 1. The number of nitrogens with one attached hydrogen (secondary N) is 2. The van der Waals surface area contributed by atoms with Gasteiger partial charge in [-0.05, 0) is 42.1 Å². The van der Waals surface area contributed by atoms with Crippen molar-refractivity contribution < 1.29 is 29.0 Å². The number of methoxy groups -OCH3 is 1. The number of ether oxygens (including phenoxy) is 1. The van der Waals surface area contributed by atoms with Gasteiger partial charge < -0.3 is 30.3 Å². The molecule has 0 saturated carbocycles. The molecule has 1 atom stereocenters. The molecule has 204 valence electrons. The van der Waals surface area contributed by atoms with E-state index in [9.17, 15) is 24.3 Å². The molecule has 2 heterocycles. The van der Waals surface area contributed by atoms with Crippen LogP contribution >= 0.6 is 11.3 Å². The van der Waals surface area contributed by atoms with Gasteiger partial charge in [-0.1, -0.05) is 35.9 Å². The molecule has 39 heavy (non-hydrogen) atoms. The summed E-state index contributed by atoms with van der Waals surface area (Å²) in [5.74, 6) is -1.80. The number of piperazine rings is 1. The number of carboxylic acid groups (broad SMARTS) is 1. The zero-order chi connectivity index (χ0) is 27.9. The maximum atomic E-state index is 13.3. The van der Waals surface area contributed by atoms with Gasteiger partial charge in [0, 0.05) is 31.7 Å². The number of hydrogen-bond acceptors (Lipinski definition) is 7. The van der Waals surface area contributed by atoms with E-state index in [0.717, 1.165) is 5.56 Å². The molecule has 3 amide bonds. The highest BCUT2D eigenvalue weighted by molar-refractivity contribution is 7.12. The van der Waals surface area contributed by atoms with Crippen LogP contribution in [0.2, 0.25) is 0 Å². The summed E-state index contributed by atoms with van der Waals surface area (Å²) in [4.78, 5) is 53.8. The molecule has 1 aliphatic rings. The Labute approximate surface area is 230 Å². The van der Waals surface area contributed by atoms with E-state index < -0.39 is 24.0 Å². The van der Waals surface area contributed by atoms with Crippen molar-refractivity contribution in [1.29, 1.82) is 0 Å². The summed E-state index contributed by atoms with van der Waals surface area (Å²) < 4.78 is 4.82. The topological polar surface area (TPSA) is 128 Å². The largest absolute Gasteiger partial charge is 0.481 e. The van der Waals surface area contributed by atoms with E-state index in [1.54, 1.807) is 52.7 Å². The standard InChI is InChI=1S/C28H30N4O6S/c1-18-5-7-19(8-6-18)21(17-25(33)34)29-26(35)20-9-10-23(31-11-13-32(14-12-31)28(37)38-2)22(16-20)30-27(36)24-4-3-15-39-24/h3-10,15-16,21H,11-14,17H2,1-2H3,(H,29,35)(H,30,36)(H,33,34). The number of aliphatic carboxylic acids is 1. The Hall–Kier alpha value is -4.38. The van der Waals surface area contributed by atoms with Crippen LogP contribution in [0.5, 0.6) is 0 Å². The minimum atomic E-state index is -1.04. The van der Waals surface area contributed by atoms with E-state index in [-0.39, 0.29) is 17.9 Å². The van der Waals surface area contributed by atoms with E-state index in [0.29, 0.717) is 48.0 Å². The van der Waals surface area contributed by atoms with Crippen molar-refractivity contribution >= 4 is 46.6 Å². The lowest BCUT2D eigenvalue weighted by atomic mass is 10.0. The smallest absolute Gasteiger partial charge is 0.409 e. The van der Waals surface area contributed by atoms with Gasteiger partial charge in [-0.2, -0.15) is 0 Å². The highest BCUT2D eigenvalue weighted by Crippen LogP contribution is 2.30. The van der Waals surface area contributed by atoms with Gasteiger partial charge in [0.2, 0.25) is 0 Å². The SMILES string of the molecule is COC(=O)N1CCN(c2ccc(C(=O)NC(CC(=O)O)c3ccc(C)cc3)cc2NC(=O)c2cccs2)CC1. The summed E-state index contributed by atoms with van der Waals surface area (Å²) in [5, 5.41) is 17.0. The first-order chi connectivity index (χ1) is 18.7. The Morgan fingerprint density at radius 3 is 2.33 bits per heavy atom.